The van der Waals surface area contributed by atoms with E-state index in [9.17, 15) is 0 Å². The van der Waals surface area contributed by atoms with Crippen molar-refractivity contribution >= 4 is 31.9 Å². The molecule has 0 saturated heterocycles. The van der Waals surface area contributed by atoms with E-state index < -0.39 is 0 Å². The molecule has 0 radical (unpaired) electrons. The van der Waals surface area contributed by atoms with Crippen molar-refractivity contribution in [1.82, 2.24) is 14.5 Å². The van der Waals surface area contributed by atoms with Crippen LogP contribution in [-0.2, 0) is 0 Å². The van der Waals surface area contributed by atoms with Crippen LogP contribution < -0.4 is 0 Å². The van der Waals surface area contributed by atoms with E-state index in [1.165, 1.54) is 0 Å². The van der Waals surface area contributed by atoms with E-state index in [0.29, 0.717) is 0 Å². The van der Waals surface area contributed by atoms with Crippen LogP contribution in [0, 0.1) is 6.92 Å². The van der Waals surface area contributed by atoms with Gasteiger partial charge in [-0.25, -0.2) is 9.97 Å². The fourth-order valence-corrected chi connectivity index (χ4v) is 1.62. The van der Waals surface area contributed by atoms with Crippen molar-refractivity contribution < 1.29 is 0 Å². The summed E-state index contributed by atoms with van der Waals surface area (Å²) in [6.07, 6.45) is 5.44. The summed E-state index contributed by atoms with van der Waals surface area (Å²) < 4.78 is 3.80. The van der Waals surface area contributed by atoms with Crippen molar-refractivity contribution in [3.05, 3.63) is 39.4 Å². The molecule has 2 aromatic heterocycles. The predicted molar refractivity (Wildman–Crippen MR) is 61.5 cm³/mol. The van der Waals surface area contributed by atoms with Gasteiger partial charge in [-0.15, -0.1) is 0 Å². The van der Waals surface area contributed by atoms with Gasteiger partial charge in [-0.3, -0.25) is 4.57 Å². The first-order valence-electron chi connectivity index (χ1n) is 3.99. The van der Waals surface area contributed by atoms with Crippen molar-refractivity contribution in [2.24, 2.45) is 0 Å². The smallest absolute Gasteiger partial charge is 0.139 e. The molecule has 0 spiro atoms. The average molecular weight is 317 g/mol. The van der Waals surface area contributed by atoms with E-state index in [2.05, 4.69) is 41.8 Å². The van der Waals surface area contributed by atoms with Crippen LogP contribution >= 0.6 is 31.9 Å². The molecule has 14 heavy (non-hydrogen) atoms. The average Bonchev–Trinajstić information content (AvgIpc) is 2.57. The number of hydrogen-bond donors (Lipinski definition) is 0. The molecule has 0 amide bonds. The minimum atomic E-state index is 0.848. The lowest BCUT2D eigenvalue weighted by Crippen LogP contribution is -1.93. The van der Waals surface area contributed by atoms with Crippen molar-refractivity contribution in [1.29, 1.82) is 0 Å². The van der Waals surface area contributed by atoms with Crippen molar-refractivity contribution in [2.45, 2.75) is 6.92 Å². The maximum absolute atomic E-state index is 4.27. The van der Waals surface area contributed by atoms with Gasteiger partial charge in [0.25, 0.3) is 0 Å². The predicted octanol–water partition coefficient (Wildman–Crippen LogP) is 3.10. The van der Waals surface area contributed by atoms with Gasteiger partial charge >= 0.3 is 0 Å². The van der Waals surface area contributed by atoms with E-state index in [1.54, 1.807) is 12.5 Å². The minimum Gasteiger partial charge on any atom is -0.290 e. The molecule has 3 nitrogen and oxygen atoms in total. The molecule has 5 heteroatoms. The normalized spacial score (nSPS) is 10.5. The minimum absolute atomic E-state index is 0.848. The summed E-state index contributed by atoms with van der Waals surface area (Å²) >= 11 is 6.80. The Hall–Kier alpha value is -0.680. The molecule has 0 aliphatic heterocycles. The van der Waals surface area contributed by atoms with Crippen LogP contribution in [0.2, 0.25) is 0 Å². The third-order valence-electron chi connectivity index (χ3n) is 1.77. The molecule has 0 N–H and O–H groups in total. The molecule has 2 rings (SSSR count). The highest BCUT2D eigenvalue weighted by atomic mass is 79.9. The molecule has 0 aliphatic carbocycles. The molecule has 72 valence electrons. The van der Waals surface area contributed by atoms with Gasteiger partial charge in [0.1, 0.15) is 12.1 Å². The second-order valence-electron chi connectivity index (χ2n) is 2.88. The van der Waals surface area contributed by atoms with Gasteiger partial charge in [-0.1, -0.05) is 0 Å². The van der Waals surface area contributed by atoms with E-state index in [4.69, 9.17) is 0 Å². The lowest BCUT2D eigenvalue weighted by atomic mass is 10.4. The Balaban J connectivity index is 2.47. The highest BCUT2D eigenvalue weighted by Crippen LogP contribution is 2.23. The van der Waals surface area contributed by atoms with Crippen LogP contribution in [0.5, 0.6) is 0 Å². The molecule has 0 aliphatic rings. The Morgan fingerprint density at radius 1 is 1.21 bits per heavy atom. The maximum Gasteiger partial charge on any atom is 0.139 e. The fourth-order valence-electron chi connectivity index (χ4n) is 1.09. The fraction of sp³-hybridized carbons (Fsp3) is 0.111. The number of pyridine rings is 1. The zero-order valence-corrected chi connectivity index (χ0v) is 10.6. The number of halogens is 2. The molecular formula is C9H7Br2N3. The first-order valence-corrected chi connectivity index (χ1v) is 5.57. The molecular weight excluding hydrogens is 310 g/mol. The van der Waals surface area contributed by atoms with Crippen LogP contribution in [-0.4, -0.2) is 14.5 Å². The molecule has 0 aromatic carbocycles. The Kier molecular flexibility index (Phi) is 2.69. The summed E-state index contributed by atoms with van der Waals surface area (Å²) in [6.45, 7) is 1.95. The number of imidazole rings is 1. The summed E-state index contributed by atoms with van der Waals surface area (Å²) in [4.78, 5) is 8.41. The first kappa shape index (κ1) is 9.86. The molecule has 0 saturated carbocycles. The van der Waals surface area contributed by atoms with Gasteiger partial charge in [0.15, 0.2) is 0 Å². The molecule has 0 atom stereocenters. The number of rotatable bonds is 1. The zero-order chi connectivity index (χ0) is 10.1. The van der Waals surface area contributed by atoms with Gasteiger partial charge < -0.3 is 0 Å². The molecule has 0 bridgehead atoms. The summed E-state index contributed by atoms with van der Waals surface area (Å²) in [5.74, 6) is 0.848. The second-order valence-corrected chi connectivity index (χ2v) is 4.59. The topological polar surface area (TPSA) is 30.7 Å². The Bertz CT molecular complexity index is 465. The Morgan fingerprint density at radius 2 is 2.00 bits per heavy atom. The number of aromatic nitrogens is 3. The highest BCUT2D eigenvalue weighted by Gasteiger charge is 2.02. The third-order valence-corrected chi connectivity index (χ3v) is 3.59. The van der Waals surface area contributed by atoms with E-state index >= 15 is 0 Å². The SMILES string of the molecule is Cc1cn(-c2cc(Br)c(Br)cn2)cn1. The summed E-state index contributed by atoms with van der Waals surface area (Å²) in [7, 11) is 0. The van der Waals surface area contributed by atoms with Crippen molar-refractivity contribution in [3.8, 4) is 5.82 Å². The van der Waals surface area contributed by atoms with Gasteiger partial charge in [0.05, 0.1) is 10.2 Å². The van der Waals surface area contributed by atoms with Gasteiger partial charge in [-0.05, 0) is 44.8 Å². The van der Waals surface area contributed by atoms with E-state index in [-0.39, 0.29) is 0 Å². The van der Waals surface area contributed by atoms with Crippen LogP contribution in [0.25, 0.3) is 5.82 Å². The Labute approximate surface area is 98.4 Å². The first-order chi connectivity index (χ1) is 6.66. The maximum atomic E-state index is 4.27. The molecule has 2 heterocycles. The van der Waals surface area contributed by atoms with Gasteiger partial charge in [0, 0.05) is 16.9 Å². The van der Waals surface area contributed by atoms with Crippen LogP contribution in [0.4, 0.5) is 0 Å². The summed E-state index contributed by atoms with van der Waals surface area (Å²) in [6, 6.07) is 1.94. The number of aryl methyl sites for hydroxylation is 1. The zero-order valence-electron chi connectivity index (χ0n) is 7.41. The number of nitrogens with zero attached hydrogens (tertiary/aromatic N) is 3. The lowest BCUT2D eigenvalue weighted by molar-refractivity contribution is 0.987. The number of hydrogen-bond acceptors (Lipinski definition) is 2. The van der Waals surface area contributed by atoms with Crippen molar-refractivity contribution in [2.75, 3.05) is 0 Å². The molecule has 2 aromatic rings. The standard InChI is InChI=1S/C9H7Br2N3/c1-6-4-14(5-13-6)9-2-7(10)8(11)3-12-9/h2-5H,1H3. The van der Waals surface area contributed by atoms with E-state index in [1.807, 2.05) is 23.8 Å². The third kappa shape index (κ3) is 1.88. The summed E-state index contributed by atoms with van der Waals surface area (Å²) in [5, 5.41) is 0. The Morgan fingerprint density at radius 3 is 2.57 bits per heavy atom. The highest BCUT2D eigenvalue weighted by molar-refractivity contribution is 9.13. The van der Waals surface area contributed by atoms with Crippen molar-refractivity contribution in [3.63, 3.8) is 0 Å². The second kappa shape index (κ2) is 3.82. The van der Waals surface area contributed by atoms with Gasteiger partial charge in [0.2, 0.25) is 0 Å². The largest absolute Gasteiger partial charge is 0.290 e. The monoisotopic (exact) mass is 315 g/mol. The lowest BCUT2D eigenvalue weighted by Gasteiger charge is -2.02. The summed E-state index contributed by atoms with van der Waals surface area (Å²) in [5.41, 5.74) is 0.978. The van der Waals surface area contributed by atoms with Crippen LogP contribution in [0.1, 0.15) is 5.69 Å². The van der Waals surface area contributed by atoms with Crippen LogP contribution in [0.15, 0.2) is 33.7 Å². The van der Waals surface area contributed by atoms with E-state index in [0.717, 1.165) is 20.5 Å². The molecule has 0 fully saturated rings. The quantitative estimate of drug-likeness (QED) is 0.809. The van der Waals surface area contributed by atoms with Gasteiger partial charge in [-0.2, -0.15) is 0 Å². The molecule has 0 unspecified atom stereocenters. The van der Waals surface area contributed by atoms with Crippen LogP contribution in [0.3, 0.4) is 0 Å².